The van der Waals surface area contributed by atoms with Crippen molar-refractivity contribution in [3.8, 4) is 0 Å². The van der Waals surface area contributed by atoms with Gasteiger partial charge in [-0.2, -0.15) is 0 Å². The van der Waals surface area contributed by atoms with E-state index in [1.807, 2.05) is 212 Å². The van der Waals surface area contributed by atoms with Crippen LogP contribution in [-0.4, -0.2) is 110 Å². The summed E-state index contributed by atoms with van der Waals surface area (Å²) in [5.41, 5.74) is 5.58. The number of rotatable bonds is 45. The second-order valence-electron chi connectivity index (χ2n) is 25.6. The number of ether oxygens (including phenoxy) is 10. The number of carbonyl (C=O) groups is 2. The number of benzene rings is 7. The van der Waals surface area contributed by atoms with E-state index in [2.05, 4.69) is 24.1 Å². The molecule has 7 aromatic carbocycles. The Bertz CT molecular complexity index is 3480. The molecule has 18 nitrogen and oxygen atoms in total. The van der Waals surface area contributed by atoms with Crippen LogP contribution in [0.2, 0.25) is 0 Å². The first-order chi connectivity index (χ1) is 50.3. The van der Waals surface area contributed by atoms with Gasteiger partial charge in [0.2, 0.25) is 9.70 Å². The molecule has 2 aliphatic rings. The average Bonchev–Trinajstić information content (AvgIpc) is 0.776. The molecule has 0 radical (unpaired) electrons. The number of nitrogens with one attached hydrogen (secondary N) is 2. The zero-order chi connectivity index (χ0) is 72.2. The number of alkyl carbamates (subject to hydrolysis) is 1. The fraction of sp³-hybridized carbons (Fsp3) is 0.432. The maximum atomic E-state index is 15.8. The maximum absolute atomic E-state index is 15.8. The van der Waals surface area contributed by atoms with E-state index in [9.17, 15) is 4.79 Å². The number of carbonyl (C=O) groups excluding carboxylic acids is 2. The Kier molecular flexibility index (Phi) is 34.9. The monoisotopic (exact) mass is 1490 g/mol. The van der Waals surface area contributed by atoms with Crippen LogP contribution in [0.1, 0.15) is 116 Å². The Labute approximate surface area is 622 Å². The Morgan fingerprint density at radius 3 is 1.35 bits per heavy atom. The molecule has 2 heterocycles. The van der Waals surface area contributed by atoms with E-state index in [0.717, 1.165) is 47.1 Å². The third-order valence-electron chi connectivity index (χ3n) is 17.4. The molecule has 0 aliphatic carbocycles. The number of amides is 2. The number of phosphoric acid groups is 1. The SMILES string of the molecule is C=CCOC1OC(COC2OC(COCc3ccccc3)C(OP(=O)(OCc3ccccc3)OCc3ccccc3)C(OCc3ccccc3)C2NC(=O)OCC(Cl)(Cl)Cl)C(OCc2ccccc2)C(OCc2ccccc2)C1NC(=O)CC(CCCCCCCCCCC)OCc1ccccc1. The van der Waals surface area contributed by atoms with Gasteiger partial charge in [0.1, 0.15) is 55.3 Å². The van der Waals surface area contributed by atoms with Crippen molar-refractivity contribution < 1.29 is 75.1 Å². The van der Waals surface area contributed by atoms with Crippen LogP contribution in [-0.2, 0) is 117 Å². The highest BCUT2D eigenvalue weighted by atomic mass is 35.6. The molecule has 0 aromatic heterocycles. The Hall–Kier alpha value is -6.36. The van der Waals surface area contributed by atoms with E-state index < -0.39 is 91.7 Å². The molecule has 2 N–H and O–H groups in total. The van der Waals surface area contributed by atoms with E-state index in [-0.39, 0.29) is 71.8 Å². The predicted octanol–water partition coefficient (Wildman–Crippen LogP) is 17.4. The summed E-state index contributed by atoms with van der Waals surface area (Å²) in [4.78, 5) is 29.5. The summed E-state index contributed by atoms with van der Waals surface area (Å²) >= 11 is 18.6. The van der Waals surface area contributed by atoms with Crippen molar-refractivity contribution in [1.82, 2.24) is 10.6 Å². The van der Waals surface area contributed by atoms with Crippen molar-refractivity contribution in [1.29, 1.82) is 0 Å². The number of unbranched alkanes of at least 4 members (excludes halogenated alkanes) is 8. The second kappa shape index (κ2) is 44.6. The van der Waals surface area contributed by atoms with Gasteiger partial charge in [0, 0.05) is 0 Å². The highest BCUT2D eigenvalue weighted by Crippen LogP contribution is 2.54. The predicted molar refractivity (Wildman–Crippen MR) is 397 cm³/mol. The van der Waals surface area contributed by atoms with Gasteiger partial charge in [-0.25, -0.2) is 9.36 Å². The number of hydrogen-bond acceptors (Lipinski definition) is 16. The fourth-order valence-electron chi connectivity index (χ4n) is 12.1. The van der Waals surface area contributed by atoms with Gasteiger partial charge in [-0.3, -0.25) is 18.4 Å². The lowest BCUT2D eigenvalue weighted by molar-refractivity contribution is -0.313. The Balaban J connectivity index is 1.08. The lowest BCUT2D eigenvalue weighted by atomic mass is 9.95. The first kappa shape index (κ1) is 80.7. The molecule has 0 spiro atoms. The quantitative estimate of drug-likeness (QED) is 0.0158. The third-order valence-corrected chi connectivity index (χ3v) is 19.1. The molecular weight excluding hydrogens is 1390 g/mol. The number of halogens is 3. The van der Waals surface area contributed by atoms with Crippen LogP contribution in [0.15, 0.2) is 225 Å². The molecular formula is C81H98Cl3N2O16P. The van der Waals surface area contributed by atoms with Crippen LogP contribution in [0.25, 0.3) is 0 Å². The van der Waals surface area contributed by atoms with Gasteiger partial charge in [-0.1, -0.05) is 318 Å². The van der Waals surface area contributed by atoms with Gasteiger partial charge in [-0.05, 0) is 45.4 Å². The van der Waals surface area contributed by atoms with E-state index in [1.165, 1.54) is 38.5 Å². The summed E-state index contributed by atoms with van der Waals surface area (Å²) < 4.78 is 101. The summed E-state index contributed by atoms with van der Waals surface area (Å²) in [5.74, 6) is -0.315. The lowest BCUT2D eigenvalue weighted by Gasteiger charge is -2.48. The van der Waals surface area contributed by atoms with Gasteiger partial charge in [0.25, 0.3) is 0 Å². The molecule has 11 atom stereocenters. The highest BCUT2D eigenvalue weighted by molar-refractivity contribution is 7.48. The summed E-state index contributed by atoms with van der Waals surface area (Å²) in [6.45, 7) is 5.04. The third kappa shape index (κ3) is 28.8. The topological polar surface area (TPSA) is 195 Å². The summed E-state index contributed by atoms with van der Waals surface area (Å²) in [5, 5.41) is 6.20. The smallest absolute Gasteiger partial charge is 0.445 e. The summed E-state index contributed by atoms with van der Waals surface area (Å²) in [7, 11) is -4.74. The van der Waals surface area contributed by atoms with Gasteiger partial charge in [0.15, 0.2) is 12.6 Å². The van der Waals surface area contributed by atoms with Crippen LogP contribution in [0.3, 0.4) is 0 Å². The van der Waals surface area contributed by atoms with Crippen molar-refractivity contribution in [2.24, 2.45) is 0 Å². The Morgan fingerprint density at radius 2 is 0.883 bits per heavy atom. The second-order valence-corrected chi connectivity index (χ2v) is 29.7. The average molecular weight is 1490 g/mol. The van der Waals surface area contributed by atoms with E-state index in [1.54, 1.807) is 6.08 Å². The molecule has 11 unspecified atom stereocenters. The minimum atomic E-state index is -4.74. The molecule has 0 bridgehead atoms. The minimum Gasteiger partial charge on any atom is -0.445 e. The number of alkyl halides is 3. The van der Waals surface area contributed by atoms with Gasteiger partial charge < -0.3 is 58.0 Å². The van der Waals surface area contributed by atoms with Gasteiger partial charge in [-0.15, -0.1) is 6.58 Å². The molecule has 9 rings (SSSR count). The van der Waals surface area contributed by atoms with E-state index >= 15 is 9.36 Å². The summed E-state index contributed by atoms with van der Waals surface area (Å²) in [6.07, 6.45) is 1.14. The van der Waals surface area contributed by atoms with Crippen LogP contribution < -0.4 is 10.6 Å². The molecule has 554 valence electrons. The molecule has 2 saturated heterocycles. The van der Waals surface area contributed by atoms with Crippen LogP contribution in [0.5, 0.6) is 0 Å². The zero-order valence-electron chi connectivity index (χ0n) is 58.5. The molecule has 103 heavy (non-hydrogen) atoms. The molecule has 2 fully saturated rings. The Morgan fingerprint density at radius 1 is 0.485 bits per heavy atom. The highest BCUT2D eigenvalue weighted by Gasteiger charge is 2.54. The first-order valence-corrected chi connectivity index (χ1v) is 38.2. The molecule has 7 aromatic rings. The standard InChI is InChI=1S/C81H98Cl3N2O16P/c1-3-5-6-7-8-9-10-11-33-48-68(92-52-62-36-21-13-22-37-62)50-71(87)85-72-76(94-54-64-40-25-15-26-41-64)74(93-53-63-38-23-14-24-39-63)70(101-78(72)91-49-4-2)59-96-79-73(86-80(88)97-60-81(82,83)84)77(95-55-65-42-27-16-28-43-65)75(69(100-79)58-90-51-61-34-19-12-20-35-61)102-103(89,98-56-66-44-29-17-30-45-66)99-57-67-46-31-18-32-47-67/h4,12-32,34-47,68-70,72-79H,2-3,5-11,33,48-60H2,1H3,(H,85,87)(H,86,88). The van der Waals surface area contributed by atoms with Crippen LogP contribution >= 0.6 is 42.6 Å². The van der Waals surface area contributed by atoms with Gasteiger partial charge in [0.05, 0.1) is 78.6 Å². The van der Waals surface area contributed by atoms with Gasteiger partial charge >= 0.3 is 13.9 Å². The van der Waals surface area contributed by atoms with Crippen molar-refractivity contribution in [3.63, 3.8) is 0 Å². The molecule has 2 aliphatic heterocycles. The largest absolute Gasteiger partial charge is 0.475 e. The number of hydrogen-bond donors (Lipinski definition) is 2. The van der Waals surface area contributed by atoms with Crippen LogP contribution in [0.4, 0.5) is 4.79 Å². The normalized spacial score (nSPS) is 20.9. The lowest BCUT2D eigenvalue weighted by Crippen LogP contribution is -2.68. The van der Waals surface area contributed by atoms with Crippen molar-refractivity contribution >= 4 is 54.6 Å². The minimum absolute atomic E-state index is 0.00146. The van der Waals surface area contributed by atoms with E-state index in [0.29, 0.717) is 24.2 Å². The molecule has 22 heteroatoms. The molecule has 2 amide bonds. The zero-order valence-corrected chi connectivity index (χ0v) is 61.7. The fourth-order valence-corrected chi connectivity index (χ4v) is 13.6. The first-order valence-electron chi connectivity index (χ1n) is 35.6. The van der Waals surface area contributed by atoms with Crippen LogP contribution in [0, 0.1) is 0 Å². The van der Waals surface area contributed by atoms with Crippen molar-refractivity contribution in [3.05, 3.63) is 264 Å². The maximum Gasteiger partial charge on any atom is 0.475 e. The van der Waals surface area contributed by atoms with E-state index in [4.69, 9.17) is 95.7 Å². The molecule has 0 saturated carbocycles. The number of phosphoric ester groups is 1. The van der Waals surface area contributed by atoms with Crippen molar-refractivity contribution in [2.45, 2.75) is 195 Å². The summed E-state index contributed by atoms with van der Waals surface area (Å²) in [6, 6.07) is 63.8. The van der Waals surface area contributed by atoms with Crippen molar-refractivity contribution in [2.75, 3.05) is 26.4 Å².